The normalized spacial score (nSPS) is 16.8. The molecular formula is C56H83BrN4O5S2Si4. The number of aryl methyl sites for hydroxylation is 2. The summed E-state index contributed by atoms with van der Waals surface area (Å²) in [6.07, 6.45) is 10.9. The van der Waals surface area contributed by atoms with Crippen LogP contribution in [-0.2, 0) is 35.2 Å². The molecule has 5 aromatic rings. The van der Waals surface area contributed by atoms with Crippen molar-refractivity contribution in [2.24, 2.45) is 0 Å². The highest BCUT2D eigenvalue weighted by atomic mass is 79.9. The summed E-state index contributed by atoms with van der Waals surface area (Å²) >= 11 is 9.84. The fourth-order valence-electron chi connectivity index (χ4n) is 9.27. The fraction of sp³-hybridized carbons (Fsp3) is 0.518. The molecule has 0 saturated heterocycles. The van der Waals surface area contributed by atoms with Gasteiger partial charge in [-0.1, -0.05) is 124 Å². The van der Waals surface area contributed by atoms with Gasteiger partial charge in [-0.2, -0.15) is 5.26 Å². The number of H-pyrrole nitrogens is 1. The number of aromatic amines is 1. The van der Waals surface area contributed by atoms with Crippen molar-refractivity contribution in [3.05, 3.63) is 103 Å². The van der Waals surface area contributed by atoms with Crippen LogP contribution in [0.5, 0.6) is 11.5 Å². The second-order valence-electron chi connectivity index (χ2n) is 23.6. The lowest BCUT2D eigenvalue weighted by Gasteiger charge is -2.33. The number of hydrogen-bond donors (Lipinski definition) is 2. The number of carbonyl (C=O) groups is 2. The number of benzene rings is 2. The van der Waals surface area contributed by atoms with E-state index in [1.807, 2.05) is 42.5 Å². The number of fused-ring (bicyclic) bond motifs is 3. The molecule has 0 amide bonds. The lowest BCUT2D eigenvalue weighted by molar-refractivity contribution is -0.120. The van der Waals surface area contributed by atoms with Crippen molar-refractivity contribution in [1.82, 2.24) is 9.97 Å². The van der Waals surface area contributed by atoms with E-state index in [1.165, 1.54) is 64.7 Å². The number of methoxy groups -OCH3 is 2. The standard InChI is InChI=1S/C17H24N2O2SSi.C13H18N2SSi.C10H16OSi.C9H18OSi.C7H7BrO/c1-5-21-17(20)15-14(18)12-9-10-8-11(23(2,3)4)6-7-13(10)19-16(12)22-15;1-17(2,3)11-4-5-12-9(7-11)6-10(8-14)13(16)15-12;1-11-9-5-7-10(8-6-9)12(2,3)4;1-11(2,3)9-6-4-8(10)5-7-9;1-9-7-4-2-6(8)3-5-7/h9,11H,5-8,18H2,1-4H3;6,11H,4-5,7H2,1-3H3,(H,15,16);5-8H,1-4H3;9H,4-7H2,1-3H3;2-5H,1H3. The Bertz CT molecular complexity index is 2680. The average Bonchev–Trinajstić information content (AvgIpc) is 3.64. The molecule has 8 rings (SSSR count). The minimum Gasteiger partial charge on any atom is -0.497 e. The van der Waals surface area contributed by atoms with Gasteiger partial charge in [0.2, 0.25) is 0 Å². The maximum Gasteiger partial charge on any atom is 0.350 e. The van der Waals surface area contributed by atoms with Crippen LogP contribution in [0.3, 0.4) is 0 Å². The van der Waals surface area contributed by atoms with Gasteiger partial charge in [-0.3, -0.25) is 4.79 Å². The van der Waals surface area contributed by atoms with E-state index in [2.05, 4.69) is 124 Å². The van der Waals surface area contributed by atoms with Crippen LogP contribution in [0, 0.1) is 16.0 Å². The van der Waals surface area contributed by atoms with Gasteiger partial charge in [-0.15, -0.1) is 11.3 Å². The predicted molar refractivity (Wildman–Crippen MR) is 322 cm³/mol. The van der Waals surface area contributed by atoms with Crippen LogP contribution in [0.15, 0.2) is 65.1 Å². The molecule has 0 aliphatic heterocycles. The van der Waals surface area contributed by atoms with Gasteiger partial charge >= 0.3 is 5.97 Å². The van der Waals surface area contributed by atoms with E-state index in [0.29, 0.717) is 33.2 Å². The molecule has 3 aliphatic carbocycles. The van der Waals surface area contributed by atoms with E-state index < -0.39 is 32.3 Å². The Morgan fingerprint density at radius 1 is 0.778 bits per heavy atom. The molecule has 1 saturated carbocycles. The van der Waals surface area contributed by atoms with Gasteiger partial charge in [0.1, 0.15) is 37.7 Å². The second-order valence-corrected chi connectivity index (χ2v) is 47.6. The maximum atomic E-state index is 12.0. The van der Waals surface area contributed by atoms with Gasteiger partial charge in [-0.25, -0.2) is 9.78 Å². The number of nitrogens with two attached hydrogens (primary N) is 1. The van der Waals surface area contributed by atoms with E-state index in [4.69, 9.17) is 42.4 Å². The predicted octanol–water partition coefficient (Wildman–Crippen LogP) is 15.6. The SMILES string of the molecule is CCOC(=O)c1sc2nc3c(cc2c1N)CC([Si](C)(C)C)CC3.COc1ccc(Br)cc1.COc1ccc([Si](C)(C)C)cc1.C[Si](C)(C)C1CCC(=O)CC1.C[Si](C)(C)C1CCc2[nH]c(=S)c(C#N)cc2C1. The van der Waals surface area contributed by atoms with Crippen molar-refractivity contribution < 1.29 is 23.8 Å². The van der Waals surface area contributed by atoms with E-state index in [1.54, 1.807) is 21.1 Å². The molecule has 72 heavy (non-hydrogen) atoms. The van der Waals surface area contributed by atoms with Crippen LogP contribution in [0.4, 0.5) is 5.69 Å². The second kappa shape index (κ2) is 26.7. The molecule has 3 aliphatic rings. The largest absolute Gasteiger partial charge is 0.497 e. The van der Waals surface area contributed by atoms with Gasteiger partial charge in [-0.05, 0) is 135 Å². The van der Waals surface area contributed by atoms with Crippen molar-refractivity contribution in [2.45, 2.75) is 166 Å². The topological polar surface area (TPSA) is 140 Å². The number of ether oxygens (including phenoxy) is 3. The van der Waals surface area contributed by atoms with Crippen LogP contribution >= 0.6 is 39.5 Å². The van der Waals surface area contributed by atoms with Gasteiger partial charge in [0, 0.05) is 58.3 Å². The molecule has 0 bridgehead atoms. The number of nitrogens with zero attached hydrogens (tertiary/aromatic N) is 2. The number of pyridine rings is 2. The number of nitriles is 1. The number of hydrogen-bond acceptors (Lipinski definition) is 10. The van der Waals surface area contributed by atoms with Crippen LogP contribution in [0.2, 0.25) is 95.2 Å². The number of rotatable bonds is 8. The maximum absolute atomic E-state index is 12.0. The zero-order chi connectivity index (χ0) is 53.8. The smallest absolute Gasteiger partial charge is 0.350 e. The Labute approximate surface area is 453 Å². The monoisotopic (exact) mass is 1150 g/mol. The van der Waals surface area contributed by atoms with Crippen molar-refractivity contribution in [1.29, 1.82) is 5.26 Å². The number of thiophene rings is 1. The van der Waals surface area contributed by atoms with E-state index in [9.17, 15) is 9.59 Å². The number of halogens is 1. The molecule has 1 fully saturated rings. The van der Waals surface area contributed by atoms with Crippen LogP contribution in [0.25, 0.3) is 10.2 Å². The number of Topliss-reactive ketones (excluding diaryl/α,β-unsaturated/α-hetero) is 1. The van der Waals surface area contributed by atoms with Gasteiger partial charge < -0.3 is 24.9 Å². The van der Waals surface area contributed by atoms with Crippen molar-refractivity contribution in [2.75, 3.05) is 26.6 Å². The van der Waals surface area contributed by atoms with Crippen molar-refractivity contribution >= 4 is 105 Å². The molecule has 3 aromatic heterocycles. The van der Waals surface area contributed by atoms with E-state index >= 15 is 0 Å². The van der Waals surface area contributed by atoms with Crippen LogP contribution in [0.1, 0.15) is 83.2 Å². The molecule has 2 unspecified atom stereocenters. The summed E-state index contributed by atoms with van der Waals surface area (Å²) in [5.74, 6) is 1.97. The van der Waals surface area contributed by atoms with E-state index in [-0.39, 0.29) is 5.97 Å². The Morgan fingerprint density at radius 2 is 1.28 bits per heavy atom. The molecule has 2 atom stereocenters. The first kappa shape index (κ1) is 60.8. The Morgan fingerprint density at radius 3 is 1.76 bits per heavy atom. The highest BCUT2D eigenvalue weighted by Gasteiger charge is 2.33. The highest BCUT2D eigenvalue weighted by Crippen LogP contribution is 2.41. The van der Waals surface area contributed by atoms with Crippen LogP contribution < -0.4 is 20.4 Å². The minimum absolute atomic E-state index is 0.342. The molecule has 392 valence electrons. The molecule has 2 aromatic carbocycles. The minimum atomic E-state index is -1.16. The number of carbonyl (C=O) groups excluding carboxylic acids is 2. The number of anilines is 1. The molecule has 16 heteroatoms. The highest BCUT2D eigenvalue weighted by molar-refractivity contribution is 9.10. The number of aromatic nitrogens is 2. The molecule has 9 nitrogen and oxygen atoms in total. The molecular weight excluding hydrogens is 1070 g/mol. The average molecular weight is 1150 g/mol. The van der Waals surface area contributed by atoms with Gasteiger partial charge in [0.15, 0.2) is 0 Å². The summed E-state index contributed by atoms with van der Waals surface area (Å²) in [4.78, 5) is 32.3. The fourth-order valence-corrected chi connectivity index (χ4v) is 17.6. The zero-order valence-electron chi connectivity index (χ0n) is 46.0. The first-order valence-electron chi connectivity index (χ1n) is 25.6. The zero-order valence-corrected chi connectivity index (χ0v) is 53.2. The lowest BCUT2D eigenvalue weighted by atomic mass is 9.94. The number of nitrogen functional groups attached to an aromatic ring is 1. The molecule has 0 radical (unpaired) electrons. The Kier molecular flexibility index (Phi) is 22.5. The van der Waals surface area contributed by atoms with Gasteiger partial charge in [0.05, 0.1) is 40.2 Å². The lowest BCUT2D eigenvalue weighted by Crippen LogP contribution is -2.37. The van der Waals surface area contributed by atoms with Crippen LogP contribution in [-0.4, -0.2) is 74.8 Å². The summed E-state index contributed by atoms with van der Waals surface area (Å²) < 4.78 is 16.8. The summed E-state index contributed by atoms with van der Waals surface area (Å²) in [6, 6.07) is 22.5. The van der Waals surface area contributed by atoms with Crippen molar-refractivity contribution in [3.8, 4) is 17.6 Å². The third-order valence-electron chi connectivity index (χ3n) is 14.3. The van der Waals surface area contributed by atoms with Crippen molar-refractivity contribution in [3.63, 3.8) is 0 Å². The van der Waals surface area contributed by atoms with Gasteiger partial charge in [0.25, 0.3) is 0 Å². The quantitative estimate of drug-likeness (QED) is 0.0883. The van der Waals surface area contributed by atoms with E-state index in [0.717, 1.165) is 81.3 Å². The molecule has 0 spiro atoms. The molecule has 3 heterocycles. The Hall–Kier alpha value is -3.70. The number of nitrogens with one attached hydrogen (secondary N) is 1. The first-order valence-corrected chi connectivity index (χ1v) is 41.8. The third kappa shape index (κ3) is 18.0. The number of ketones is 1. The summed E-state index contributed by atoms with van der Waals surface area (Å²) in [7, 11) is -0.958. The summed E-state index contributed by atoms with van der Waals surface area (Å²) in [5.41, 5.74) is 14.9. The third-order valence-corrected chi connectivity index (χ3v) is 27.2. The summed E-state index contributed by atoms with van der Waals surface area (Å²) in [6.45, 7) is 31.0. The number of esters is 1. The first-order chi connectivity index (χ1) is 33.6. The molecule has 3 N–H and O–H groups in total. The Balaban J connectivity index is 0.000000204. The summed E-state index contributed by atoms with van der Waals surface area (Å²) in [5, 5.41) is 11.4.